The highest BCUT2D eigenvalue weighted by Gasteiger charge is 2.28. The van der Waals surface area contributed by atoms with Gasteiger partial charge in [-0.1, -0.05) is 6.07 Å². The van der Waals surface area contributed by atoms with Crippen LogP contribution in [0.4, 0.5) is 4.39 Å². The maximum Gasteiger partial charge on any atom is 0.354 e. The van der Waals surface area contributed by atoms with Crippen LogP contribution >= 0.6 is 0 Å². The van der Waals surface area contributed by atoms with E-state index in [9.17, 15) is 18.8 Å². The first-order valence-electron chi connectivity index (χ1n) is 10.7. The van der Waals surface area contributed by atoms with E-state index < -0.39 is 17.7 Å². The van der Waals surface area contributed by atoms with Gasteiger partial charge in [0.05, 0.1) is 13.7 Å². The van der Waals surface area contributed by atoms with Gasteiger partial charge in [0.2, 0.25) is 0 Å². The molecule has 0 atom stereocenters. The summed E-state index contributed by atoms with van der Waals surface area (Å²) < 4.78 is 25.6. The Morgan fingerprint density at radius 2 is 1.88 bits per heavy atom. The summed E-state index contributed by atoms with van der Waals surface area (Å²) in [6, 6.07) is 5.39. The molecule has 1 amide bonds. The van der Waals surface area contributed by atoms with Crippen molar-refractivity contribution in [2.24, 2.45) is 0 Å². The second-order valence-corrected chi connectivity index (χ2v) is 7.38. The molecule has 0 spiro atoms. The summed E-state index contributed by atoms with van der Waals surface area (Å²) in [5.41, 5.74) is 2.06. The van der Waals surface area contributed by atoms with E-state index in [0.29, 0.717) is 48.7 Å². The van der Waals surface area contributed by atoms with Crippen LogP contribution in [0.5, 0.6) is 0 Å². The summed E-state index contributed by atoms with van der Waals surface area (Å²) in [5, 5.41) is 0. The molecule has 32 heavy (non-hydrogen) atoms. The molecular weight excluding hydrogens is 415 g/mol. The molecule has 0 radical (unpaired) electrons. The van der Waals surface area contributed by atoms with Crippen molar-refractivity contribution in [3.05, 3.63) is 58.2 Å². The van der Waals surface area contributed by atoms with Crippen molar-refractivity contribution in [3.8, 4) is 0 Å². The fourth-order valence-corrected chi connectivity index (χ4v) is 3.87. The van der Waals surface area contributed by atoms with E-state index in [1.165, 1.54) is 30.2 Å². The van der Waals surface area contributed by atoms with Crippen molar-refractivity contribution in [3.63, 3.8) is 0 Å². The zero-order valence-corrected chi connectivity index (χ0v) is 19.4. The Hall–Kier alpha value is -3.00. The van der Waals surface area contributed by atoms with Gasteiger partial charge in [0.25, 0.3) is 5.91 Å². The quantitative estimate of drug-likeness (QED) is 0.298. The van der Waals surface area contributed by atoms with Gasteiger partial charge in [0.15, 0.2) is 5.78 Å². The van der Waals surface area contributed by atoms with Crippen LogP contribution in [0, 0.1) is 19.7 Å². The van der Waals surface area contributed by atoms with Crippen molar-refractivity contribution >= 4 is 17.7 Å². The van der Waals surface area contributed by atoms with Gasteiger partial charge in [0.1, 0.15) is 11.5 Å². The number of carbonyl (C=O) groups is 3. The Kier molecular flexibility index (Phi) is 9.13. The number of hydrogen-bond acceptors (Lipinski definition) is 5. The van der Waals surface area contributed by atoms with E-state index in [4.69, 9.17) is 9.47 Å². The van der Waals surface area contributed by atoms with Gasteiger partial charge >= 0.3 is 5.97 Å². The average Bonchev–Trinajstić information content (AvgIpc) is 3.03. The molecule has 0 aliphatic carbocycles. The molecule has 0 saturated heterocycles. The largest absolute Gasteiger partial charge is 0.464 e. The topological polar surface area (TPSA) is 77.8 Å². The van der Waals surface area contributed by atoms with Gasteiger partial charge in [-0.15, -0.1) is 0 Å². The minimum absolute atomic E-state index is 0.170. The number of ether oxygens (including phenoxy) is 2. The fraction of sp³-hybridized carbons (Fsp3) is 0.458. The Morgan fingerprint density at radius 3 is 2.47 bits per heavy atom. The third-order valence-electron chi connectivity index (χ3n) is 5.35. The molecule has 0 bridgehead atoms. The Morgan fingerprint density at radius 1 is 1.16 bits per heavy atom. The molecule has 2 rings (SSSR count). The van der Waals surface area contributed by atoms with Crippen molar-refractivity contribution in [1.82, 2.24) is 9.47 Å². The molecule has 0 unspecified atom stereocenters. The zero-order chi connectivity index (χ0) is 23.8. The van der Waals surface area contributed by atoms with Crippen LogP contribution in [0.1, 0.15) is 62.7 Å². The predicted molar refractivity (Wildman–Crippen MR) is 119 cm³/mol. The summed E-state index contributed by atoms with van der Waals surface area (Å²) in [7, 11) is 1.30. The van der Waals surface area contributed by atoms with Gasteiger partial charge in [-0.3, -0.25) is 9.59 Å². The van der Waals surface area contributed by atoms with Gasteiger partial charge in [-0.05, 0) is 57.9 Å². The van der Waals surface area contributed by atoms with Crippen molar-refractivity contribution in [1.29, 1.82) is 0 Å². The first kappa shape index (κ1) is 25.3. The molecule has 0 fully saturated rings. The van der Waals surface area contributed by atoms with E-state index in [2.05, 4.69) is 0 Å². The van der Waals surface area contributed by atoms with Crippen LogP contribution in [0.3, 0.4) is 0 Å². The molecule has 0 N–H and O–H groups in total. The molecule has 0 saturated carbocycles. The summed E-state index contributed by atoms with van der Waals surface area (Å²) in [6.07, 6.45) is 0.531. The van der Waals surface area contributed by atoms with E-state index in [1.807, 2.05) is 13.8 Å². The van der Waals surface area contributed by atoms with Crippen LogP contribution < -0.4 is 0 Å². The van der Waals surface area contributed by atoms with Crippen LogP contribution in [0.15, 0.2) is 24.3 Å². The minimum Gasteiger partial charge on any atom is -0.464 e. The third-order valence-corrected chi connectivity index (χ3v) is 5.35. The van der Waals surface area contributed by atoms with Gasteiger partial charge in [0, 0.05) is 43.1 Å². The summed E-state index contributed by atoms with van der Waals surface area (Å²) in [5.74, 6) is -1.77. The van der Waals surface area contributed by atoms with E-state index in [1.54, 1.807) is 18.4 Å². The van der Waals surface area contributed by atoms with Crippen LogP contribution in [0.2, 0.25) is 0 Å². The molecule has 0 aliphatic heterocycles. The predicted octanol–water partition coefficient (Wildman–Crippen LogP) is 3.80. The number of benzene rings is 1. The van der Waals surface area contributed by atoms with E-state index in [0.717, 1.165) is 6.07 Å². The molecule has 2 aromatic rings. The Bertz CT molecular complexity index is 983. The average molecular weight is 447 g/mol. The van der Waals surface area contributed by atoms with Gasteiger partial charge in [-0.2, -0.15) is 0 Å². The monoisotopic (exact) mass is 446 g/mol. The number of nitrogens with zero attached hydrogens (tertiary/aromatic N) is 2. The second-order valence-electron chi connectivity index (χ2n) is 7.38. The number of rotatable bonds is 11. The Labute approximate surface area is 188 Å². The summed E-state index contributed by atoms with van der Waals surface area (Å²) in [4.78, 5) is 40.1. The van der Waals surface area contributed by atoms with E-state index >= 15 is 0 Å². The fourth-order valence-electron chi connectivity index (χ4n) is 3.87. The highest BCUT2D eigenvalue weighted by molar-refractivity contribution is 6.06. The van der Waals surface area contributed by atoms with Gasteiger partial charge < -0.3 is 18.9 Å². The smallest absolute Gasteiger partial charge is 0.354 e. The standard InChI is InChI=1S/C24H31FN2O5/c1-6-27-17(4)21(16(3)22(27)24(30)31-5)20(28)15-26(12-9-13-32-7-2)23(29)18-10-8-11-19(25)14-18/h8,10-11,14H,6-7,9,12-13,15H2,1-5H3. The van der Waals surface area contributed by atoms with Crippen molar-refractivity contribution < 1.29 is 28.2 Å². The van der Waals surface area contributed by atoms with Crippen molar-refractivity contribution in [2.75, 3.05) is 33.4 Å². The first-order chi connectivity index (χ1) is 15.3. The normalized spacial score (nSPS) is 10.8. The lowest BCUT2D eigenvalue weighted by atomic mass is 10.0. The number of methoxy groups -OCH3 is 1. The van der Waals surface area contributed by atoms with Crippen LogP contribution in [0.25, 0.3) is 0 Å². The lowest BCUT2D eigenvalue weighted by Gasteiger charge is -2.22. The second kappa shape index (κ2) is 11.6. The minimum atomic E-state index is -0.522. The number of hydrogen-bond donors (Lipinski definition) is 0. The molecule has 1 heterocycles. The van der Waals surface area contributed by atoms with Gasteiger partial charge in [-0.25, -0.2) is 9.18 Å². The lowest BCUT2D eigenvalue weighted by molar-refractivity contribution is 0.0587. The Balaban J connectivity index is 2.36. The number of halogens is 1. The molecule has 174 valence electrons. The van der Waals surface area contributed by atoms with Crippen LogP contribution in [-0.4, -0.2) is 60.5 Å². The molecule has 0 aliphatic rings. The first-order valence-corrected chi connectivity index (χ1v) is 10.7. The van der Waals surface area contributed by atoms with Crippen molar-refractivity contribution in [2.45, 2.75) is 40.7 Å². The maximum absolute atomic E-state index is 13.7. The number of carbonyl (C=O) groups excluding carboxylic acids is 3. The van der Waals surface area contributed by atoms with E-state index in [-0.39, 0.29) is 24.4 Å². The number of aromatic nitrogens is 1. The summed E-state index contributed by atoms with van der Waals surface area (Å²) >= 11 is 0. The number of Topliss-reactive ketones (excluding diaryl/α,β-unsaturated/α-hetero) is 1. The third kappa shape index (κ3) is 5.62. The molecule has 1 aromatic heterocycles. The molecular formula is C24H31FN2O5. The SMILES string of the molecule is CCOCCCN(CC(=O)c1c(C)c(C(=O)OC)n(CC)c1C)C(=O)c1cccc(F)c1. The molecule has 8 heteroatoms. The lowest BCUT2D eigenvalue weighted by Crippen LogP contribution is -2.37. The maximum atomic E-state index is 13.7. The summed E-state index contributed by atoms with van der Waals surface area (Å²) in [6.45, 7) is 8.78. The molecule has 7 nitrogen and oxygen atoms in total. The molecule has 1 aromatic carbocycles. The number of ketones is 1. The highest BCUT2D eigenvalue weighted by Crippen LogP contribution is 2.24. The highest BCUT2D eigenvalue weighted by atomic mass is 19.1. The number of esters is 1. The van der Waals surface area contributed by atoms with Crippen LogP contribution in [-0.2, 0) is 16.0 Å². The zero-order valence-electron chi connectivity index (χ0n) is 19.4. The number of amides is 1.